The maximum atomic E-state index is 11.9. The molecule has 1 aromatic rings. The van der Waals surface area contributed by atoms with E-state index in [0.29, 0.717) is 42.1 Å². The van der Waals surface area contributed by atoms with Crippen molar-refractivity contribution in [2.24, 2.45) is 11.8 Å². The molecule has 166 valence electrons. The minimum Gasteiger partial charge on any atom is -0.486 e. The second kappa shape index (κ2) is 9.86. The van der Waals surface area contributed by atoms with Gasteiger partial charge in [0.15, 0.2) is 0 Å². The van der Waals surface area contributed by atoms with Crippen molar-refractivity contribution in [3.63, 3.8) is 0 Å². The highest BCUT2D eigenvalue weighted by molar-refractivity contribution is 6.32. The number of ether oxygens (including phenoxy) is 1. The fourth-order valence-electron chi connectivity index (χ4n) is 5.31. The molecule has 1 amide bonds. The molecule has 1 aromatic carbocycles. The van der Waals surface area contributed by atoms with E-state index in [-0.39, 0.29) is 12.0 Å². The summed E-state index contributed by atoms with van der Waals surface area (Å²) in [5, 5.41) is 14.3. The van der Waals surface area contributed by atoms with Crippen LogP contribution >= 0.6 is 11.6 Å². The molecule has 0 aromatic heterocycles. The fraction of sp³-hybridized carbons (Fsp3) is 0.696. The molecule has 2 aliphatic heterocycles. The van der Waals surface area contributed by atoms with Crippen LogP contribution in [0.3, 0.4) is 0 Å². The Hall–Kier alpha value is -1.34. The zero-order valence-corrected chi connectivity index (χ0v) is 18.6. The molecule has 0 radical (unpaired) electrons. The SMILES string of the molecule is CCNC(=O)CN1C[C@H]2C[C@@H](Oc3cccc(CN4CCCC4)c3Cl)[C@H](O)C[C@H]2C1. The van der Waals surface area contributed by atoms with Crippen LogP contribution in [0.5, 0.6) is 5.75 Å². The van der Waals surface area contributed by atoms with Gasteiger partial charge < -0.3 is 15.2 Å². The monoisotopic (exact) mass is 435 g/mol. The summed E-state index contributed by atoms with van der Waals surface area (Å²) in [6.07, 6.45) is 3.25. The van der Waals surface area contributed by atoms with Gasteiger partial charge in [0.25, 0.3) is 0 Å². The minimum atomic E-state index is -0.506. The van der Waals surface area contributed by atoms with Gasteiger partial charge in [0, 0.05) is 26.2 Å². The first-order chi connectivity index (χ1) is 14.5. The lowest BCUT2D eigenvalue weighted by Crippen LogP contribution is -2.42. The molecule has 6 nitrogen and oxygen atoms in total. The maximum Gasteiger partial charge on any atom is 0.234 e. The molecule has 1 saturated carbocycles. The number of hydrogen-bond donors (Lipinski definition) is 2. The van der Waals surface area contributed by atoms with E-state index in [0.717, 1.165) is 44.7 Å². The molecule has 0 spiro atoms. The highest BCUT2D eigenvalue weighted by atomic mass is 35.5. The Labute approximate surface area is 184 Å². The zero-order valence-electron chi connectivity index (χ0n) is 17.9. The van der Waals surface area contributed by atoms with Crippen molar-refractivity contribution >= 4 is 17.5 Å². The molecular weight excluding hydrogens is 402 g/mol. The van der Waals surface area contributed by atoms with Crippen LogP contribution in [-0.4, -0.2) is 72.3 Å². The van der Waals surface area contributed by atoms with Gasteiger partial charge in [-0.3, -0.25) is 14.6 Å². The van der Waals surface area contributed by atoms with Gasteiger partial charge in [0.2, 0.25) is 5.91 Å². The summed E-state index contributed by atoms with van der Waals surface area (Å²) in [4.78, 5) is 16.6. The van der Waals surface area contributed by atoms with E-state index >= 15 is 0 Å². The standard InChI is InChI=1S/C23H34ClN3O3/c1-2-25-22(29)15-27-13-17-10-19(28)21(11-18(17)14-27)30-20-7-5-6-16(23(20)24)12-26-8-3-4-9-26/h5-7,17-19,21,28H,2-4,8-15H2,1H3,(H,25,29)/t17-,18+,19+,21+/m0/s1. The second-order valence-electron chi connectivity index (χ2n) is 9.08. The first-order valence-corrected chi connectivity index (χ1v) is 11.7. The molecular formula is C23H34ClN3O3. The number of halogens is 1. The van der Waals surface area contributed by atoms with Crippen LogP contribution < -0.4 is 10.1 Å². The van der Waals surface area contributed by atoms with E-state index in [1.807, 2.05) is 19.1 Å². The molecule has 4 atom stereocenters. The Kier molecular flexibility index (Phi) is 7.19. The molecule has 2 heterocycles. The van der Waals surface area contributed by atoms with Gasteiger partial charge in [-0.2, -0.15) is 0 Å². The Bertz CT molecular complexity index is 740. The first kappa shape index (κ1) is 21.9. The Morgan fingerprint density at radius 1 is 1.20 bits per heavy atom. The largest absolute Gasteiger partial charge is 0.486 e. The molecule has 0 unspecified atom stereocenters. The van der Waals surface area contributed by atoms with Crippen molar-refractivity contribution in [2.75, 3.05) is 39.3 Å². The van der Waals surface area contributed by atoms with Crippen molar-refractivity contribution in [1.82, 2.24) is 15.1 Å². The molecule has 7 heteroatoms. The molecule has 3 aliphatic rings. The highest BCUT2D eigenvalue weighted by Crippen LogP contribution is 2.39. The van der Waals surface area contributed by atoms with E-state index in [1.165, 1.54) is 12.8 Å². The molecule has 4 rings (SSSR count). The van der Waals surface area contributed by atoms with E-state index in [9.17, 15) is 9.90 Å². The number of benzene rings is 1. The number of carbonyl (C=O) groups excluding carboxylic acids is 1. The average molecular weight is 436 g/mol. The smallest absolute Gasteiger partial charge is 0.234 e. The summed E-state index contributed by atoms with van der Waals surface area (Å²) in [7, 11) is 0. The lowest BCUT2D eigenvalue weighted by molar-refractivity contribution is -0.121. The summed E-state index contributed by atoms with van der Waals surface area (Å²) < 4.78 is 6.27. The van der Waals surface area contributed by atoms with Crippen molar-refractivity contribution in [1.29, 1.82) is 0 Å². The van der Waals surface area contributed by atoms with Crippen molar-refractivity contribution < 1.29 is 14.6 Å². The summed E-state index contributed by atoms with van der Waals surface area (Å²) in [6, 6.07) is 5.97. The summed E-state index contributed by atoms with van der Waals surface area (Å²) >= 11 is 6.69. The van der Waals surface area contributed by atoms with Gasteiger partial charge in [0.05, 0.1) is 17.7 Å². The van der Waals surface area contributed by atoms with E-state index in [4.69, 9.17) is 16.3 Å². The molecule has 2 saturated heterocycles. The number of rotatable bonds is 7. The first-order valence-electron chi connectivity index (χ1n) is 11.4. The lowest BCUT2D eigenvalue weighted by atomic mass is 9.78. The number of likely N-dealkylation sites (tertiary alicyclic amines) is 2. The van der Waals surface area contributed by atoms with Crippen molar-refractivity contribution in [3.05, 3.63) is 28.8 Å². The zero-order chi connectivity index (χ0) is 21.1. The third kappa shape index (κ3) is 5.10. The van der Waals surface area contributed by atoms with Gasteiger partial charge in [-0.05, 0) is 69.2 Å². The van der Waals surface area contributed by atoms with Crippen LogP contribution in [0.25, 0.3) is 0 Å². The van der Waals surface area contributed by atoms with Gasteiger partial charge in [-0.25, -0.2) is 0 Å². The predicted octanol–water partition coefficient (Wildman–Crippen LogP) is 2.52. The maximum absolute atomic E-state index is 11.9. The number of likely N-dealkylation sites (N-methyl/N-ethyl adjacent to an activating group) is 1. The normalized spacial score (nSPS) is 29.7. The predicted molar refractivity (Wildman–Crippen MR) is 118 cm³/mol. The van der Waals surface area contributed by atoms with E-state index in [1.54, 1.807) is 0 Å². The molecule has 0 bridgehead atoms. The van der Waals surface area contributed by atoms with Crippen LogP contribution in [0.15, 0.2) is 18.2 Å². The van der Waals surface area contributed by atoms with Crippen LogP contribution in [0.2, 0.25) is 5.02 Å². The molecule has 3 fully saturated rings. The third-order valence-electron chi connectivity index (χ3n) is 6.82. The highest BCUT2D eigenvalue weighted by Gasteiger charge is 2.43. The fourth-order valence-corrected chi connectivity index (χ4v) is 5.54. The van der Waals surface area contributed by atoms with Gasteiger partial charge in [-0.1, -0.05) is 23.7 Å². The molecule has 30 heavy (non-hydrogen) atoms. The van der Waals surface area contributed by atoms with Gasteiger partial charge in [0.1, 0.15) is 11.9 Å². The number of nitrogens with one attached hydrogen (secondary N) is 1. The number of carbonyl (C=O) groups is 1. The summed E-state index contributed by atoms with van der Waals surface area (Å²) in [5.41, 5.74) is 1.09. The third-order valence-corrected chi connectivity index (χ3v) is 7.24. The van der Waals surface area contributed by atoms with Crippen LogP contribution in [-0.2, 0) is 11.3 Å². The van der Waals surface area contributed by atoms with Crippen LogP contribution in [0.4, 0.5) is 0 Å². The van der Waals surface area contributed by atoms with Gasteiger partial charge >= 0.3 is 0 Å². The number of aliphatic hydroxyl groups is 1. The van der Waals surface area contributed by atoms with E-state index in [2.05, 4.69) is 21.2 Å². The van der Waals surface area contributed by atoms with E-state index < -0.39 is 6.10 Å². The Morgan fingerprint density at radius 3 is 2.67 bits per heavy atom. The van der Waals surface area contributed by atoms with Gasteiger partial charge in [-0.15, -0.1) is 0 Å². The summed E-state index contributed by atoms with van der Waals surface area (Å²) in [5.74, 6) is 1.62. The molecule has 1 aliphatic carbocycles. The number of aliphatic hydroxyl groups excluding tert-OH is 1. The lowest BCUT2D eigenvalue weighted by Gasteiger charge is -2.35. The number of fused-ring (bicyclic) bond motifs is 1. The van der Waals surface area contributed by atoms with Crippen molar-refractivity contribution in [3.8, 4) is 5.75 Å². The Morgan fingerprint density at radius 2 is 1.93 bits per heavy atom. The average Bonchev–Trinajstić information content (AvgIpc) is 3.34. The van der Waals surface area contributed by atoms with Crippen molar-refractivity contribution in [2.45, 2.75) is 51.4 Å². The van der Waals surface area contributed by atoms with Crippen LogP contribution in [0.1, 0.15) is 38.2 Å². The Balaban J connectivity index is 1.37. The topological polar surface area (TPSA) is 65.0 Å². The molecule has 2 N–H and O–H groups in total. The summed E-state index contributed by atoms with van der Waals surface area (Å²) in [6.45, 7) is 7.89. The number of hydrogen-bond acceptors (Lipinski definition) is 5. The van der Waals surface area contributed by atoms with Crippen LogP contribution in [0, 0.1) is 11.8 Å². The minimum absolute atomic E-state index is 0.0751. The second-order valence-corrected chi connectivity index (χ2v) is 9.45. The quantitative estimate of drug-likeness (QED) is 0.689. The number of nitrogens with zero attached hydrogens (tertiary/aromatic N) is 2. The number of amides is 1.